The maximum absolute atomic E-state index is 5.91. The van der Waals surface area contributed by atoms with Crippen molar-refractivity contribution < 1.29 is 9.47 Å². The Morgan fingerprint density at radius 3 is 2.56 bits per heavy atom. The first kappa shape index (κ1) is 16.2. The molecule has 0 bridgehead atoms. The average molecular weight is 395 g/mol. The highest BCUT2D eigenvalue weighted by molar-refractivity contribution is 9.10. The normalized spacial score (nSPS) is 15.5. The zero-order valence-corrected chi connectivity index (χ0v) is 15.4. The van der Waals surface area contributed by atoms with E-state index in [1.807, 2.05) is 30.3 Å². The number of halogens is 1. The summed E-state index contributed by atoms with van der Waals surface area (Å²) in [7, 11) is 0. The molecule has 126 valence electrons. The summed E-state index contributed by atoms with van der Waals surface area (Å²) < 4.78 is 12.9. The summed E-state index contributed by atoms with van der Waals surface area (Å²) in [5.74, 6) is 1.87. The molecule has 0 aliphatic carbocycles. The minimum absolute atomic E-state index is 0.0961. The van der Waals surface area contributed by atoms with Crippen LogP contribution in [0, 0.1) is 0 Å². The predicted molar refractivity (Wildman–Crippen MR) is 103 cm³/mol. The number of para-hydroxylation sites is 1. The summed E-state index contributed by atoms with van der Waals surface area (Å²) in [6.45, 7) is 0.569. The Hall–Kier alpha value is -2.26. The van der Waals surface area contributed by atoms with Crippen molar-refractivity contribution in [2.75, 3.05) is 6.61 Å². The lowest BCUT2D eigenvalue weighted by molar-refractivity contribution is 0.148. The molecular weight excluding hydrogens is 376 g/mol. The van der Waals surface area contributed by atoms with Crippen LogP contribution in [0.25, 0.3) is 0 Å². The fourth-order valence-electron chi connectivity index (χ4n) is 3.12. The van der Waals surface area contributed by atoms with E-state index in [9.17, 15) is 0 Å². The molecule has 1 unspecified atom stereocenters. The van der Waals surface area contributed by atoms with Crippen molar-refractivity contribution in [3.63, 3.8) is 0 Å². The van der Waals surface area contributed by atoms with E-state index in [1.54, 1.807) is 0 Å². The van der Waals surface area contributed by atoms with Crippen molar-refractivity contribution in [1.29, 1.82) is 0 Å². The SMILES string of the molecule is Brc1cccc(Cc2ccc(OCC3Cc4ccccc4O3)cc2)c1. The highest BCUT2D eigenvalue weighted by Crippen LogP contribution is 2.28. The molecule has 0 radical (unpaired) electrons. The number of rotatable bonds is 5. The maximum Gasteiger partial charge on any atom is 0.137 e. The molecular formula is C22H19BrO2. The first-order chi connectivity index (χ1) is 12.3. The van der Waals surface area contributed by atoms with Crippen molar-refractivity contribution in [3.05, 3.63) is 94.0 Å². The third kappa shape index (κ3) is 4.05. The molecule has 0 aromatic heterocycles. The van der Waals surface area contributed by atoms with Gasteiger partial charge in [-0.25, -0.2) is 0 Å². The number of fused-ring (bicyclic) bond motifs is 1. The van der Waals surface area contributed by atoms with E-state index in [1.165, 1.54) is 16.7 Å². The molecule has 0 amide bonds. The van der Waals surface area contributed by atoms with Crippen LogP contribution < -0.4 is 9.47 Å². The van der Waals surface area contributed by atoms with E-state index >= 15 is 0 Å². The summed E-state index contributed by atoms with van der Waals surface area (Å²) in [5, 5.41) is 0. The average Bonchev–Trinajstić information content (AvgIpc) is 3.04. The third-order valence-corrected chi connectivity index (χ3v) is 4.86. The third-order valence-electron chi connectivity index (χ3n) is 4.37. The van der Waals surface area contributed by atoms with Gasteiger partial charge in [0.15, 0.2) is 0 Å². The molecule has 25 heavy (non-hydrogen) atoms. The fraction of sp³-hybridized carbons (Fsp3) is 0.182. The van der Waals surface area contributed by atoms with Crippen molar-refractivity contribution in [1.82, 2.24) is 0 Å². The second-order valence-electron chi connectivity index (χ2n) is 6.31. The Morgan fingerprint density at radius 2 is 1.76 bits per heavy atom. The van der Waals surface area contributed by atoms with Crippen LogP contribution in [0.2, 0.25) is 0 Å². The quantitative estimate of drug-likeness (QED) is 0.574. The number of ether oxygens (including phenoxy) is 2. The van der Waals surface area contributed by atoms with Crippen LogP contribution in [-0.4, -0.2) is 12.7 Å². The van der Waals surface area contributed by atoms with Gasteiger partial charge in [0.25, 0.3) is 0 Å². The van der Waals surface area contributed by atoms with Crippen LogP contribution in [-0.2, 0) is 12.8 Å². The second-order valence-corrected chi connectivity index (χ2v) is 7.23. The van der Waals surface area contributed by atoms with Crippen molar-refractivity contribution >= 4 is 15.9 Å². The standard InChI is InChI=1S/C22H19BrO2/c23-19-6-3-4-17(13-19)12-16-8-10-20(11-9-16)24-15-21-14-18-5-1-2-7-22(18)25-21/h1-11,13,21H,12,14-15H2. The number of hydrogen-bond donors (Lipinski definition) is 0. The van der Waals surface area contributed by atoms with Gasteiger partial charge < -0.3 is 9.47 Å². The van der Waals surface area contributed by atoms with E-state index in [2.05, 4.69) is 58.4 Å². The topological polar surface area (TPSA) is 18.5 Å². The molecule has 3 aromatic carbocycles. The van der Waals surface area contributed by atoms with Gasteiger partial charge in [0.2, 0.25) is 0 Å². The van der Waals surface area contributed by atoms with Gasteiger partial charge in [0.1, 0.15) is 24.2 Å². The number of hydrogen-bond acceptors (Lipinski definition) is 2. The van der Waals surface area contributed by atoms with E-state index in [-0.39, 0.29) is 6.10 Å². The second kappa shape index (κ2) is 7.32. The molecule has 0 fully saturated rings. The molecule has 3 aromatic rings. The van der Waals surface area contributed by atoms with Gasteiger partial charge in [0, 0.05) is 10.9 Å². The van der Waals surface area contributed by atoms with Gasteiger partial charge in [-0.3, -0.25) is 0 Å². The molecule has 0 saturated heterocycles. The molecule has 0 spiro atoms. The lowest BCUT2D eigenvalue weighted by Crippen LogP contribution is -2.22. The largest absolute Gasteiger partial charge is 0.490 e. The fourth-order valence-corrected chi connectivity index (χ4v) is 3.57. The molecule has 4 rings (SSSR count). The van der Waals surface area contributed by atoms with Gasteiger partial charge in [-0.2, -0.15) is 0 Å². The zero-order chi connectivity index (χ0) is 17.1. The van der Waals surface area contributed by atoms with Gasteiger partial charge in [-0.1, -0.05) is 58.4 Å². The lowest BCUT2D eigenvalue weighted by Gasteiger charge is -2.13. The van der Waals surface area contributed by atoms with E-state index in [4.69, 9.17) is 9.47 Å². The van der Waals surface area contributed by atoms with Crippen LogP contribution in [0.15, 0.2) is 77.3 Å². The predicted octanol–water partition coefficient (Wildman–Crippen LogP) is 5.42. The summed E-state index contributed by atoms with van der Waals surface area (Å²) in [6, 6.07) is 24.9. The first-order valence-electron chi connectivity index (χ1n) is 8.47. The maximum atomic E-state index is 5.91. The van der Waals surface area contributed by atoms with Crippen LogP contribution in [0.5, 0.6) is 11.5 Å². The molecule has 1 atom stereocenters. The highest BCUT2D eigenvalue weighted by Gasteiger charge is 2.22. The molecule has 2 nitrogen and oxygen atoms in total. The molecule has 0 N–H and O–H groups in total. The van der Waals surface area contributed by atoms with Crippen LogP contribution in [0.1, 0.15) is 16.7 Å². The highest BCUT2D eigenvalue weighted by atomic mass is 79.9. The van der Waals surface area contributed by atoms with Gasteiger partial charge in [0.05, 0.1) is 0 Å². The summed E-state index contributed by atoms with van der Waals surface area (Å²) >= 11 is 3.52. The van der Waals surface area contributed by atoms with Crippen LogP contribution in [0.4, 0.5) is 0 Å². The summed E-state index contributed by atoms with van der Waals surface area (Å²) in [6.07, 6.45) is 1.93. The van der Waals surface area contributed by atoms with Crippen LogP contribution >= 0.6 is 15.9 Å². The summed E-state index contributed by atoms with van der Waals surface area (Å²) in [5.41, 5.74) is 3.83. The Morgan fingerprint density at radius 1 is 0.920 bits per heavy atom. The van der Waals surface area contributed by atoms with Crippen molar-refractivity contribution in [3.8, 4) is 11.5 Å². The number of benzene rings is 3. The smallest absolute Gasteiger partial charge is 0.137 e. The van der Waals surface area contributed by atoms with Crippen LogP contribution in [0.3, 0.4) is 0 Å². The van der Waals surface area contributed by atoms with E-state index < -0.39 is 0 Å². The minimum atomic E-state index is 0.0961. The monoisotopic (exact) mass is 394 g/mol. The molecule has 1 aliphatic rings. The minimum Gasteiger partial charge on any atom is -0.490 e. The van der Waals surface area contributed by atoms with Gasteiger partial charge >= 0.3 is 0 Å². The lowest BCUT2D eigenvalue weighted by atomic mass is 10.1. The molecule has 1 heterocycles. The van der Waals surface area contributed by atoms with E-state index in [0.717, 1.165) is 28.8 Å². The van der Waals surface area contributed by atoms with Gasteiger partial charge in [-0.15, -0.1) is 0 Å². The van der Waals surface area contributed by atoms with E-state index in [0.29, 0.717) is 6.61 Å². The Balaban J connectivity index is 1.32. The zero-order valence-electron chi connectivity index (χ0n) is 13.8. The Bertz CT molecular complexity index is 833. The van der Waals surface area contributed by atoms with Crippen molar-refractivity contribution in [2.45, 2.75) is 18.9 Å². The van der Waals surface area contributed by atoms with Gasteiger partial charge in [-0.05, 0) is 53.4 Å². The summed E-state index contributed by atoms with van der Waals surface area (Å²) in [4.78, 5) is 0. The van der Waals surface area contributed by atoms with Crippen molar-refractivity contribution in [2.24, 2.45) is 0 Å². The molecule has 3 heteroatoms. The first-order valence-corrected chi connectivity index (χ1v) is 9.26. The molecule has 1 aliphatic heterocycles. The molecule has 0 saturated carbocycles. The Kier molecular flexibility index (Phi) is 4.75. The Labute approximate surface area is 156 Å².